The Morgan fingerprint density at radius 3 is 2.37 bits per heavy atom. The standard InChI is InChI=1S/C13H13F2NO3/c1-2-3-11(13(18)19)16-12(17)6-8-4-9(14)7-10(15)5-8/h2,4-5,7,11H,1,3,6H2,(H,16,17)(H,18,19)/t11-/m1/s1. The molecule has 102 valence electrons. The zero-order valence-corrected chi connectivity index (χ0v) is 10.0. The molecule has 0 heterocycles. The Labute approximate surface area is 108 Å². The van der Waals surface area contributed by atoms with Crippen LogP contribution in [0.2, 0.25) is 0 Å². The van der Waals surface area contributed by atoms with Crippen molar-refractivity contribution < 1.29 is 23.5 Å². The number of carbonyl (C=O) groups excluding carboxylic acids is 1. The normalized spacial score (nSPS) is 11.7. The van der Waals surface area contributed by atoms with Gasteiger partial charge in [0.1, 0.15) is 17.7 Å². The molecule has 0 aliphatic rings. The van der Waals surface area contributed by atoms with Crippen molar-refractivity contribution in [3.63, 3.8) is 0 Å². The van der Waals surface area contributed by atoms with Crippen LogP contribution in [0.5, 0.6) is 0 Å². The maximum Gasteiger partial charge on any atom is 0.326 e. The van der Waals surface area contributed by atoms with Crippen LogP contribution in [0.3, 0.4) is 0 Å². The molecule has 4 nitrogen and oxygen atoms in total. The minimum absolute atomic E-state index is 0.0680. The fourth-order valence-electron chi connectivity index (χ4n) is 1.53. The predicted molar refractivity (Wildman–Crippen MR) is 64.4 cm³/mol. The third-order valence-electron chi connectivity index (χ3n) is 2.32. The maximum atomic E-state index is 12.9. The molecule has 0 spiro atoms. The van der Waals surface area contributed by atoms with Gasteiger partial charge in [0.25, 0.3) is 0 Å². The van der Waals surface area contributed by atoms with Gasteiger partial charge in [0.15, 0.2) is 0 Å². The van der Waals surface area contributed by atoms with Gasteiger partial charge in [-0.05, 0) is 24.1 Å². The summed E-state index contributed by atoms with van der Waals surface area (Å²) in [5.41, 5.74) is 0.137. The molecule has 1 aromatic rings. The number of carboxylic acids is 1. The molecule has 0 saturated carbocycles. The van der Waals surface area contributed by atoms with E-state index in [-0.39, 0.29) is 18.4 Å². The number of hydrogen-bond donors (Lipinski definition) is 2. The Kier molecular flexibility index (Phi) is 5.17. The van der Waals surface area contributed by atoms with Gasteiger partial charge in [-0.1, -0.05) is 6.08 Å². The second kappa shape index (κ2) is 6.63. The molecule has 0 aromatic heterocycles. The highest BCUT2D eigenvalue weighted by atomic mass is 19.1. The number of aliphatic carboxylic acids is 1. The summed E-state index contributed by atoms with van der Waals surface area (Å²) in [7, 11) is 0. The fourth-order valence-corrected chi connectivity index (χ4v) is 1.53. The van der Waals surface area contributed by atoms with Crippen molar-refractivity contribution in [2.24, 2.45) is 0 Å². The van der Waals surface area contributed by atoms with Crippen LogP contribution in [-0.2, 0) is 16.0 Å². The van der Waals surface area contributed by atoms with Gasteiger partial charge in [-0.2, -0.15) is 0 Å². The van der Waals surface area contributed by atoms with Gasteiger partial charge < -0.3 is 10.4 Å². The first-order valence-corrected chi connectivity index (χ1v) is 5.50. The Hall–Kier alpha value is -2.24. The molecule has 0 radical (unpaired) electrons. The monoisotopic (exact) mass is 269 g/mol. The fraction of sp³-hybridized carbons (Fsp3) is 0.231. The SMILES string of the molecule is C=CC[C@@H](NC(=O)Cc1cc(F)cc(F)c1)C(=O)O. The lowest BCUT2D eigenvalue weighted by atomic mass is 10.1. The quantitative estimate of drug-likeness (QED) is 0.772. The summed E-state index contributed by atoms with van der Waals surface area (Å²) >= 11 is 0. The van der Waals surface area contributed by atoms with E-state index in [4.69, 9.17) is 5.11 Å². The number of hydrogen-bond acceptors (Lipinski definition) is 2. The highest BCUT2D eigenvalue weighted by Crippen LogP contribution is 2.08. The summed E-state index contributed by atoms with van der Waals surface area (Å²) in [6.45, 7) is 3.38. The molecule has 0 fully saturated rings. The second-order valence-electron chi connectivity index (χ2n) is 3.94. The van der Waals surface area contributed by atoms with Crippen molar-refractivity contribution >= 4 is 11.9 Å². The number of carboxylic acid groups (broad SMARTS) is 1. The summed E-state index contributed by atoms with van der Waals surface area (Å²) in [6, 6.07) is 1.64. The molecule has 1 rings (SSSR count). The van der Waals surface area contributed by atoms with Crippen LogP contribution in [0, 0.1) is 11.6 Å². The smallest absolute Gasteiger partial charge is 0.326 e. The van der Waals surface area contributed by atoms with Crippen molar-refractivity contribution in [1.29, 1.82) is 0 Å². The third-order valence-corrected chi connectivity index (χ3v) is 2.32. The Morgan fingerprint density at radius 1 is 1.32 bits per heavy atom. The van der Waals surface area contributed by atoms with E-state index in [0.29, 0.717) is 6.07 Å². The molecule has 0 bridgehead atoms. The molecule has 1 amide bonds. The van der Waals surface area contributed by atoms with E-state index in [1.54, 1.807) is 0 Å². The van der Waals surface area contributed by atoms with E-state index >= 15 is 0 Å². The first kappa shape index (κ1) is 14.8. The van der Waals surface area contributed by atoms with E-state index < -0.39 is 29.6 Å². The number of benzene rings is 1. The average molecular weight is 269 g/mol. The number of carbonyl (C=O) groups is 2. The molecule has 2 N–H and O–H groups in total. The number of amides is 1. The molecule has 19 heavy (non-hydrogen) atoms. The largest absolute Gasteiger partial charge is 0.480 e. The summed E-state index contributed by atoms with van der Waals surface area (Å²) < 4.78 is 25.8. The van der Waals surface area contributed by atoms with Crippen LogP contribution >= 0.6 is 0 Å². The second-order valence-corrected chi connectivity index (χ2v) is 3.94. The van der Waals surface area contributed by atoms with Gasteiger partial charge in [-0.25, -0.2) is 13.6 Å². The Bertz CT molecular complexity index is 482. The highest BCUT2D eigenvalue weighted by Gasteiger charge is 2.18. The van der Waals surface area contributed by atoms with Gasteiger partial charge in [0, 0.05) is 6.07 Å². The summed E-state index contributed by atoms with van der Waals surface area (Å²) in [6.07, 6.45) is 1.13. The van der Waals surface area contributed by atoms with Gasteiger partial charge >= 0.3 is 5.97 Å². The van der Waals surface area contributed by atoms with Crippen LogP contribution in [0.4, 0.5) is 8.78 Å². The maximum absolute atomic E-state index is 12.9. The van der Waals surface area contributed by atoms with E-state index in [9.17, 15) is 18.4 Å². The van der Waals surface area contributed by atoms with E-state index in [2.05, 4.69) is 11.9 Å². The topological polar surface area (TPSA) is 66.4 Å². The van der Waals surface area contributed by atoms with Crippen LogP contribution in [0.15, 0.2) is 30.9 Å². The minimum Gasteiger partial charge on any atom is -0.480 e. The van der Waals surface area contributed by atoms with E-state index in [1.165, 1.54) is 6.08 Å². The Morgan fingerprint density at radius 2 is 1.89 bits per heavy atom. The van der Waals surface area contributed by atoms with Crippen molar-refractivity contribution in [3.05, 3.63) is 48.1 Å². The molecule has 0 aliphatic carbocycles. The molecule has 0 aliphatic heterocycles. The number of halogens is 2. The van der Waals surface area contributed by atoms with Gasteiger partial charge in [-0.15, -0.1) is 6.58 Å². The predicted octanol–water partition coefficient (Wildman–Crippen LogP) is 1.65. The van der Waals surface area contributed by atoms with Gasteiger partial charge in [0.2, 0.25) is 5.91 Å². The Balaban J connectivity index is 2.68. The first-order valence-electron chi connectivity index (χ1n) is 5.50. The van der Waals surface area contributed by atoms with E-state index in [0.717, 1.165) is 12.1 Å². The van der Waals surface area contributed by atoms with Crippen LogP contribution in [0.25, 0.3) is 0 Å². The van der Waals surface area contributed by atoms with Gasteiger partial charge in [-0.3, -0.25) is 4.79 Å². The lowest BCUT2D eigenvalue weighted by molar-refractivity contribution is -0.141. The number of rotatable bonds is 6. The summed E-state index contributed by atoms with van der Waals surface area (Å²) in [4.78, 5) is 22.4. The van der Waals surface area contributed by atoms with Crippen LogP contribution < -0.4 is 5.32 Å². The first-order chi connectivity index (χ1) is 8.92. The average Bonchev–Trinajstić information content (AvgIpc) is 2.26. The molecule has 0 saturated heterocycles. The zero-order valence-electron chi connectivity index (χ0n) is 10.0. The van der Waals surface area contributed by atoms with Crippen molar-refractivity contribution in [3.8, 4) is 0 Å². The lowest BCUT2D eigenvalue weighted by Gasteiger charge is -2.12. The molecular formula is C13H13F2NO3. The van der Waals surface area contributed by atoms with Crippen LogP contribution in [-0.4, -0.2) is 23.0 Å². The molecule has 1 aromatic carbocycles. The molecular weight excluding hydrogens is 256 g/mol. The highest BCUT2D eigenvalue weighted by molar-refractivity contribution is 5.84. The summed E-state index contributed by atoms with van der Waals surface area (Å²) in [5.74, 6) is -3.40. The molecule has 1 atom stereocenters. The molecule has 0 unspecified atom stereocenters. The summed E-state index contributed by atoms with van der Waals surface area (Å²) in [5, 5.41) is 11.1. The lowest BCUT2D eigenvalue weighted by Crippen LogP contribution is -2.41. The van der Waals surface area contributed by atoms with E-state index in [1.807, 2.05) is 0 Å². The van der Waals surface area contributed by atoms with Crippen LogP contribution in [0.1, 0.15) is 12.0 Å². The van der Waals surface area contributed by atoms with Crippen molar-refractivity contribution in [2.75, 3.05) is 0 Å². The van der Waals surface area contributed by atoms with Crippen molar-refractivity contribution in [2.45, 2.75) is 18.9 Å². The van der Waals surface area contributed by atoms with Gasteiger partial charge in [0.05, 0.1) is 6.42 Å². The van der Waals surface area contributed by atoms with Crippen molar-refractivity contribution in [1.82, 2.24) is 5.32 Å². The number of nitrogens with one attached hydrogen (secondary N) is 1. The molecule has 6 heteroatoms. The zero-order chi connectivity index (χ0) is 14.4. The third kappa shape index (κ3) is 4.87. The minimum atomic E-state index is -1.20.